The minimum Gasteiger partial charge on any atom is -0.479 e. The standard InChI is InChI=1S/C18H20N2O3/c1-17(19,13-9-5-3-6-10-13)15(21)20-18(2,16(22)23)14-11-7-4-8-12-14/h3-12H,19H2,1-2H3,(H,20,21)(H,22,23)/t17-,18-/m0/s1. The number of hydrogen-bond acceptors (Lipinski definition) is 3. The quantitative estimate of drug-likeness (QED) is 0.787. The predicted molar refractivity (Wildman–Crippen MR) is 87.6 cm³/mol. The Kier molecular flexibility index (Phi) is 4.52. The molecule has 2 rings (SSSR count). The van der Waals surface area contributed by atoms with E-state index in [0.717, 1.165) is 0 Å². The van der Waals surface area contributed by atoms with Gasteiger partial charge in [-0.1, -0.05) is 60.7 Å². The van der Waals surface area contributed by atoms with Crippen LogP contribution in [0.1, 0.15) is 25.0 Å². The first-order valence-electron chi connectivity index (χ1n) is 7.24. The summed E-state index contributed by atoms with van der Waals surface area (Å²) in [5.41, 5.74) is 4.35. The van der Waals surface area contributed by atoms with Gasteiger partial charge in [0.25, 0.3) is 0 Å². The van der Waals surface area contributed by atoms with Gasteiger partial charge in [0.1, 0.15) is 5.54 Å². The van der Waals surface area contributed by atoms with Crippen LogP contribution in [0.3, 0.4) is 0 Å². The molecule has 2 atom stereocenters. The maximum Gasteiger partial charge on any atom is 0.333 e. The van der Waals surface area contributed by atoms with E-state index < -0.39 is 23.0 Å². The van der Waals surface area contributed by atoms with Gasteiger partial charge in [0.2, 0.25) is 5.91 Å². The van der Waals surface area contributed by atoms with E-state index in [2.05, 4.69) is 5.32 Å². The third kappa shape index (κ3) is 3.24. The van der Waals surface area contributed by atoms with Crippen molar-refractivity contribution in [2.75, 3.05) is 0 Å². The average Bonchev–Trinajstić information content (AvgIpc) is 2.56. The molecule has 0 unspecified atom stereocenters. The second kappa shape index (κ2) is 6.22. The molecule has 0 aromatic heterocycles. The second-order valence-electron chi connectivity index (χ2n) is 5.82. The number of nitrogens with two attached hydrogens (primary N) is 1. The maximum absolute atomic E-state index is 12.7. The van der Waals surface area contributed by atoms with E-state index in [1.165, 1.54) is 6.92 Å². The van der Waals surface area contributed by atoms with Crippen molar-refractivity contribution in [1.29, 1.82) is 0 Å². The second-order valence-corrected chi connectivity index (χ2v) is 5.82. The fourth-order valence-corrected chi connectivity index (χ4v) is 2.29. The number of rotatable bonds is 5. The number of aliphatic carboxylic acids is 1. The Morgan fingerprint density at radius 1 is 0.913 bits per heavy atom. The summed E-state index contributed by atoms with van der Waals surface area (Å²) in [6.07, 6.45) is 0. The van der Waals surface area contributed by atoms with Crippen molar-refractivity contribution in [1.82, 2.24) is 5.32 Å². The van der Waals surface area contributed by atoms with Crippen LogP contribution in [-0.2, 0) is 20.7 Å². The molecule has 0 aliphatic rings. The summed E-state index contributed by atoms with van der Waals surface area (Å²) in [7, 11) is 0. The first-order valence-corrected chi connectivity index (χ1v) is 7.24. The molecular weight excluding hydrogens is 292 g/mol. The largest absolute Gasteiger partial charge is 0.479 e. The molecule has 120 valence electrons. The lowest BCUT2D eigenvalue weighted by molar-refractivity contribution is -0.148. The van der Waals surface area contributed by atoms with E-state index in [4.69, 9.17) is 5.73 Å². The Bertz CT molecular complexity index is 699. The van der Waals surface area contributed by atoms with Gasteiger partial charge in [-0.2, -0.15) is 0 Å². The molecule has 0 aliphatic heterocycles. The first-order chi connectivity index (χ1) is 10.8. The van der Waals surface area contributed by atoms with Crippen LogP contribution in [0.5, 0.6) is 0 Å². The summed E-state index contributed by atoms with van der Waals surface area (Å²) in [6, 6.07) is 17.4. The number of carbonyl (C=O) groups is 2. The number of amides is 1. The topological polar surface area (TPSA) is 92.4 Å². The molecule has 0 saturated carbocycles. The van der Waals surface area contributed by atoms with Crippen LogP contribution in [0.25, 0.3) is 0 Å². The number of hydrogen-bond donors (Lipinski definition) is 3. The molecule has 0 saturated heterocycles. The highest BCUT2D eigenvalue weighted by Gasteiger charge is 2.41. The van der Waals surface area contributed by atoms with Crippen molar-refractivity contribution < 1.29 is 14.7 Å². The van der Waals surface area contributed by atoms with Crippen LogP contribution in [0.4, 0.5) is 0 Å². The summed E-state index contributed by atoms with van der Waals surface area (Å²) in [6.45, 7) is 3.01. The SMILES string of the molecule is C[C@@](N)(C(=O)N[C@](C)(C(=O)O)c1ccccc1)c1ccccc1. The lowest BCUT2D eigenvalue weighted by Gasteiger charge is -2.32. The Morgan fingerprint density at radius 3 is 1.78 bits per heavy atom. The number of nitrogens with one attached hydrogen (secondary N) is 1. The molecule has 5 nitrogen and oxygen atoms in total. The number of carboxylic acid groups (broad SMARTS) is 1. The molecule has 0 heterocycles. The van der Waals surface area contributed by atoms with E-state index in [1.54, 1.807) is 61.5 Å². The molecule has 5 heteroatoms. The fourth-order valence-electron chi connectivity index (χ4n) is 2.29. The summed E-state index contributed by atoms with van der Waals surface area (Å²) >= 11 is 0. The summed E-state index contributed by atoms with van der Waals surface area (Å²) < 4.78 is 0. The zero-order chi connectivity index (χ0) is 17.1. The molecule has 0 radical (unpaired) electrons. The Balaban J connectivity index is 2.34. The van der Waals surface area contributed by atoms with Crippen molar-refractivity contribution in [2.45, 2.75) is 24.9 Å². The van der Waals surface area contributed by atoms with E-state index in [-0.39, 0.29) is 0 Å². The lowest BCUT2D eigenvalue weighted by atomic mass is 9.87. The predicted octanol–water partition coefficient (Wildman–Crippen LogP) is 1.98. The molecular formula is C18H20N2O3. The Hall–Kier alpha value is -2.66. The number of carbonyl (C=O) groups excluding carboxylic acids is 1. The molecule has 1 amide bonds. The van der Waals surface area contributed by atoms with Gasteiger partial charge in [0.15, 0.2) is 5.54 Å². The highest BCUT2D eigenvalue weighted by atomic mass is 16.4. The number of carboxylic acids is 1. The molecule has 0 aliphatic carbocycles. The van der Waals surface area contributed by atoms with Gasteiger partial charge in [0.05, 0.1) is 0 Å². The van der Waals surface area contributed by atoms with Crippen molar-refractivity contribution in [3.8, 4) is 0 Å². The minimum atomic E-state index is -1.56. The van der Waals surface area contributed by atoms with Gasteiger partial charge in [-0.15, -0.1) is 0 Å². The van der Waals surface area contributed by atoms with Gasteiger partial charge < -0.3 is 16.2 Å². The van der Waals surface area contributed by atoms with Crippen LogP contribution in [-0.4, -0.2) is 17.0 Å². The average molecular weight is 312 g/mol. The monoisotopic (exact) mass is 312 g/mol. The highest BCUT2D eigenvalue weighted by molar-refractivity contribution is 5.93. The minimum absolute atomic E-state index is 0.477. The van der Waals surface area contributed by atoms with E-state index in [9.17, 15) is 14.7 Å². The zero-order valence-electron chi connectivity index (χ0n) is 13.1. The molecule has 23 heavy (non-hydrogen) atoms. The first kappa shape index (κ1) is 16.7. The van der Waals surface area contributed by atoms with Crippen molar-refractivity contribution in [2.24, 2.45) is 5.73 Å². The van der Waals surface area contributed by atoms with Crippen LogP contribution in [0, 0.1) is 0 Å². The fraction of sp³-hybridized carbons (Fsp3) is 0.222. The maximum atomic E-state index is 12.7. The Labute approximate surface area is 135 Å². The zero-order valence-corrected chi connectivity index (χ0v) is 13.1. The van der Waals surface area contributed by atoms with E-state index >= 15 is 0 Å². The normalized spacial score (nSPS) is 16.0. The van der Waals surface area contributed by atoms with Gasteiger partial charge >= 0.3 is 5.97 Å². The third-order valence-electron chi connectivity index (χ3n) is 3.99. The Morgan fingerprint density at radius 2 is 1.35 bits per heavy atom. The van der Waals surface area contributed by atoms with Crippen LogP contribution >= 0.6 is 0 Å². The van der Waals surface area contributed by atoms with Crippen LogP contribution in [0.15, 0.2) is 60.7 Å². The summed E-state index contributed by atoms with van der Waals surface area (Å²) in [4.78, 5) is 24.4. The van der Waals surface area contributed by atoms with Crippen LogP contribution < -0.4 is 11.1 Å². The molecule has 4 N–H and O–H groups in total. The lowest BCUT2D eigenvalue weighted by Crippen LogP contribution is -2.57. The van der Waals surface area contributed by atoms with Crippen LogP contribution in [0.2, 0.25) is 0 Å². The van der Waals surface area contributed by atoms with Gasteiger partial charge in [-0.25, -0.2) is 4.79 Å². The van der Waals surface area contributed by atoms with E-state index in [0.29, 0.717) is 11.1 Å². The van der Waals surface area contributed by atoms with Crippen molar-refractivity contribution in [3.05, 3.63) is 71.8 Å². The summed E-state index contributed by atoms with van der Waals surface area (Å²) in [5, 5.41) is 12.2. The molecule has 0 fully saturated rings. The smallest absolute Gasteiger partial charge is 0.333 e. The van der Waals surface area contributed by atoms with E-state index in [1.807, 2.05) is 6.07 Å². The van der Waals surface area contributed by atoms with Gasteiger partial charge in [0, 0.05) is 0 Å². The molecule has 2 aromatic carbocycles. The molecule has 2 aromatic rings. The number of benzene rings is 2. The van der Waals surface area contributed by atoms with Crippen molar-refractivity contribution in [3.63, 3.8) is 0 Å². The van der Waals surface area contributed by atoms with Gasteiger partial charge in [-0.05, 0) is 25.0 Å². The highest BCUT2D eigenvalue weighted by Crippen LogP contribution is 2.24. The van der Waals surface area contributed by atoms with Gasteiger partial charge in [-0.3, -0.25) is 4.79 Å². The molecule has 0 spiro atoms. The summed E-state index contributed by atoms with van der Waals surface area (Å²) in [5.74, 6) is -1.71. The molecule has 0 bridgehead atoms. The third-order valence-corrected chi connectivity index (χ3v) is 3.99. The van der Waals surface area contributed by atoms with Crippen molar-refractivity contribution >= 4 is 11.9 Å².